The van der Waals surface area contributed by atoms with Crippen LogP contribution in [-0.4, -0.2) is 73.3 Å². The fourth-order valence-corrected chi connectivity index (χ4v) is 4.35. The molecule has 160 valence electrons. The molecule has 1 aliphatic carbocycles. The van der Waals surface area contributed by atoms with Crippen LogP contribution in [0.15, 0.2) is 6.33 Å². The lowest BCUT2D eigenvalue weighted by molar-refractivity contribution is -0.0511. The fraction of sp³-hybridized carbons (Fsp3) is 0.737. The van der Waals surface area contributed by atoms with E-state index in [9.17, 15) is 15.3 Å². The van der Waals surface area contributed by atoms with Crippen LogP contribution in [0, 0.1) is 5.92 Å². The molecule has 5 N–H and O–H groups in total. The molecule has 0 bridgehead atoms. The van der Waals surface area contributed by atoms with Crippen LogP contribution in [0.3, 0.4) is 0 Å². The first-order chi connectivity index (χ1) is 14.0. The van der Waals surface area contributed by atoms with E-state index >= 15 is 0 Å². The number of rotatable bonds is 6. The predicted octanol–water partition coefficient (Wildman–Crippen LogP) is 0.427. The molecule has 10 nitrogen and oxygen atoms in total. The Labute approximate surface area is 169 Å². The number of nitrogens with two attached hydrogens (primary N) is 1. The van der Waals surface area contributed by atoms with E-state index in [-0.39, 0.29) is 5.82 Å². The van der Waals surface area contributed by atoms with Gasteiger partial charge in [0.2, 0.25) is 5.95 Å². The topological polar surface area (TPSA) is 143 Å². The number of ether oxygens (including phenoxy) is 1. The fourth-order valence-electron chi connectivity index (χ4n) is 4.35. The number of hydrogen-bond donors (Lipinski definition) is 4. The van der Waals surface area contributed by atoms with Crippen LogP contribution in [0.1, 0.15) is 44.8 Å². The molecule has 10 heteroatoms. The van der Waals surface area contributed by atoms with Gasteiger partial charge in [0.25, 0.3) is 0 Å². The third kappa shape index (κ3) is 3.89. The van der Waals surface area contributed by atoms with Crippen LogP contribution < -0.4 is 10.6 Å². The molecule has 0 spiro atoms. The SMILES string of the molecule is CN(CCC1CCCCC1)c1nc(N)c2ncn([C@@H]3O[C@H](CO)[C@@H](O)[C@H]3O)c2n1. The maximum atomic E-state index is 10.3. The summed E-state index contributed by atoms with van der Waals surface area (Å²) in [5, 5.41) is 29.7. The zero-order chi connectivity index (χ0) is 20.5. The second-order valence-corrected chi connectivity index (χ2v) is 8.18. The van der Waals surface area contributed by atoms with E-state index in [1.54, 1.807) is 0 Å². The Morgan fingerprint density at radius 1 is 1.21 bits per heavy atom. The smallest absolute Gasteiger partial charge is 0.229 e. The lowest BCUT2D eigenvalue weighted by Gasteiger charge is -2.25. The van der Waals surface area contributed by atoms with Crippen LogP contribution in [0.4, 0.5) is 11.8 Å². The van der Waals surface area contributed by atoms with E-state index in [1.807, 2.05) is 11.9 Å². The zero-order valence-corrected chi connectivity index (χ0v) is 16.7. The van der Waals surface area contributed by atoms with Gasteiger partial charge in [0.15, 0.2) is 17.7 Å². The van der Waals surface area contributed by atoms with Gasteiger partial charge in [-0.05, 0) is 12.3 Å². The molecule has 1 saturated carbocycles. The van der Waals surface area contributed by atoms with E-state index in [1.165, 1.54) is 43.0 Å². The van der Waals surface area contributed by atoms with Gasteiger partial charge in [-0.3, -0.25) is 4.57 Å². The Morgan fingerprint density at radius 3 is 2.66 bits per heavy atom. The van der Waals surface area contributed by atoms with Crippen molar-refractivity contribution in [1.82, 2.24) is 19.5 Å². The molecule has 0 radical (unpaired) electrons. The first-order valence-electron chi connectivity index (χ1n) is 10.3. The van der Waals surface area contributed by atoms with E-state index in [0.717, 1.165) is 18.9 Å². The van der Waals surface area contributed by atoms with Gasteiger partial charge >= 0.3 is 0 Å². The third-order valence-corrected chi connectivity index (χ3v) is 6.17. The van der Waals surface area contributed by atoms with Crippen molar-refractivity contribution in [2.75, 3.05) is 30.8 Å². The summed E-state index contributed by atoms with van der Waals surface area (Å²) in [6.07, 6.45) is 4.89. The van der Waals surface area contributed by atoms with Crippen LogP contribution in [0.2, 0.25) is 0 Å². The van der Waals surface area contributed by atoms with Crippen LogP contribution in [0.5, 0.6) is 0 Å². The highest BCUT2D eigenvalue weighted by molar-refractivity contribution is 5.83. The second-order valence-electron chi connectivity index (χ2n) is 8.18. The van der Waals surface area contributed by atoms with Crippen LogP contribution in [0.25, 0.3) is 11.2 Å². The number of fused-ring (bicyclic) bond motifs is 1. The third-order valence-electron chi connectivity index (χ3n) is 6.17. The van der Waals surface area contributed by atoms with E-state index < -0.39 is 31.1 Å². The lowest BCUT2D eigenvalue weighted by atomic mass is 9.87. The Hall–Kier alpha value is -2.01. The van der Waals surface area contributed by atoms with Gasteiger partial charge < -0.3 is 30.7 Å². The average Bonchev–Trinajstić information content (AvgIpc) is 3.28. The molecule has 4 rings (SSSR count). The maximum absolute atomic E-state index is 10.3. The molecule has 1 aliphatic heterocycles. The summed E-state index contributed by atoms with van der Waals surface area (Å²) in [6, 6.07) is 0. The van der Waals surface area contributed by atoms with Crippen molar-refractivity contribution in [3.63, 3.8) is 0 Å². The molecule has 3 heterocycles. The van der Waals surface area contributed by atoms with Crippen molar-refractivity contribution in [3.05, 3.63) is 6.33 Å². The Morgan fingerprint density at radius 2 is 1.97 bits per heavy atom. The molecule has 1 saturated heterocycles. The molecule has 0 unspecified atom stereocenters. The Kier molecular flexibility index (Phi) is 5.86. The first kappa shape index (κ1) is 20.3. The highest BCUT2D eigenvalue weighted by Crippen LogP contribution is 2.32. The summed E-state index contributed by atoms with van der Waals surface area (Å²) in [4.78, 5) is 15.2. The van der Waals surface area contributed by atoms with Gasteiger partial charge in [0, 0.05) is 13.6 Å². The molecule has 2 aromatic rings. The van der Waals surface area contributed by atoms with E-state index in [4.69, 9.17) is 10.5 Å². The molecular formula is C19H30N6O4. The maximum Gasteiger partial charge on any atom is 0.229 e. The van der Waals surface area contributed by atoms with Gasteiger partial charge in [0.05, 0.1) is 12.9 Å². The molecular weight excluding hydrogens is 376 g/mol. The number of nitrogens with zero attached hydrogens (tertiary/aromatic N) is 5. The molecule has 0 aromatic carbocycles. The summed E-state index contributed by atoms with van der Waals surface area (Å²) in [6.45, 7) is 0.436. The van der Waals surface area contributed by atoms with E-state index in [2.05, 4.69) is 15.0 Å². The lowest BCUT2D eigenvalue weighted by Crippen LogP contribution is -2.33. The average molecular weight is 406 g/mol. The minimum absolute atomic E-state index is 0.250. The Balaban J connectivity index is 1.56. The van der Waals surface area contributed by atoms with E-state index in [0.29, 0.717) is 17.1 Å². The van der Waals surface area contributed by atoms with Crippen molar-refractivity contribution in [2.45, 2.75) is 63.1 Å². The summed E-state index contributed by atoms with van der Waals surface area (Å²) in [5.41, 5.74) is 6.95. The Bertz CT molecular complexity index is 839. The number of nitrogen functional groups attached to an aromatic ring is 1. The number of hydrogen-bond acceptors (Lipinski definition) is 9. The number of aliphatic hydroxyl groups excluding tert-OH is 3. The summed E-state index contributed by atoms with van der Waals surface area (Å²) in [7, 11) is 1.94. The number of imidazole rings is 1. The molecule has 4 atom stereocenters. The molecule has 2 fully saturated rings. The highest BCUT2D eigenvalue weighted by atomic mass is 16.6. The van der Waals surface area contributed by atoms with Crippen molar-refractivity contribution >= 4 is 22.9 Å². The van der Waals surface area contributed by atoms with Crippen molar-refractivity contribution in [2.24, 2.45) is 5.92 Å². The molecule has 29 heavy (non-hydrogen) atoms. The van der Waals surface area contributed by atoms with Crippen molar-refractivity contribution in [1.29, 1.82) is 0 Å². The largest absolute Gasteiger partial charge is 0.394 e. The number of anilines is 2. The van der Waals surface area contributed by atoms with Gasteiger partial charge in [-0.25, -0.2) is 4.98 Å². The van der Waals surface area contributed by atoms with Crippen LogP contribution in [-0.2, 0) is 4.74 Å². The van der Waals surface area contributed by atoms with Gasteiger partial charge in [-0.15, -0.1) is 0 Å². The summed E-state index contributed by atoms with van der Waals surface area (Å²) >= 11 is 0. The molecule has 2 aromatic heterocycles. The van der Waals surface area contributed by atoms with Gasteiger partial charge in [-0.1, -0.05) is 32.1 Å². The minimum Gasteiger partial charge on any atom is -0.394 e. The molecule has 2 aliphatic rings. The standard InChI is InChI=1S/C19H30N6O4/c1-24(8-7-11-5-3-2-4-6-11)19-22-16(20)13-17(23-19)25(10-21-13)18-15(28)14(27)12(9-26)29-18/h10-12,14-15,18,26-28H,2-9H2,1H3,(H2,20,22,23)/t12-,14-,15-,18-/m1/s1. The minimum atomic E-state index is -1.21. The first-order valence-corrected chi connectivity index (χ1v) is 10.3. The predicted molar refractivity (Wildman–Crippen MR) is 107 cm³/mol. The van der Waals surface area contributed by atoms with Crippen molar-refractivity contribution < 1.29 is 20.1 Å². The highest BCUT2D eigenvalue weighted by Gasteiger charge is 2.44. The second kappa shape index (κ2) is 8.39. The summed E-state index contributed by atoms with van der Waals surface area (Å²) in [5.74, 6) is 1.48. The summed E-state index contributed by atoms with van der Waals surface area (Å²) < 4.78 is 7.15. The van der Waals surface area contributed by atoms with Gasteiger partial charge in [-0.2, -0.15) is 9.97 Å². The van der Waals surface area contributed by atoms with Crippen LogP contribution >= 0.6 is 0 Å². The van der Waals surface area contributed by atoms with Crippen molar-refractivity contribution in [3.8, 4) is 0 Å². The molecule has 0 amide bonds. The number of aromatic nitrogens is 4. The number of aliphatic hydroxyl groups is 3. The van der Waals surface area contributed by atoms with Gasteiger partial charge in [0.1, 0.15) is 23.8 Å². The monoisotopic (exact) mass is 406 g/mol. The quantitative estimate of drug-likeness (QED) is 0.537. The normalized spacial score (nSPS) is 28.3. The zero-order valence-electron chi connectivity index (χ0n) is 16.7.